The molecular formula is C13H22O. The van der Waals surface area contributed by atoms with Crippen LogP contribution in [0.1, 0.15) is 46.0 Å². The van der Waals surface area contributed by atoms with Gasteiger partial charge in [-0.2, -0.15) is 0 Å². The van der Waals surface area contributed by atoms with Gasteiger partial charge in [-0.1, -0.05) is 38.0 Å². The average molecular weight is 194 g/mol. The Morgan fingerprint density at radius 2 is 2.36 bits per heavy atom. The zero-order chi connectivity index (χ0) is 10.4. The van der Waals surface area contributed by atoms with Crippen molar-refractivity contribution < 1.29 is 4.74 Å². The first-order valence-electron chi connectivity index (χ1n) is 5.69. The van der Waals surface area contributed by atoms with Crippen LogP contribution < -0.4 is 0 Å². The molecule has 1 aliphatic rings. The summed E-state index contributed by atoms with van der Waals surface area (Å²) in [6.45, 7) is 9.30. The number of rotatable bonds is 5. The molecule has 0 amide bonds. The third-order valence-corrected chi connectivity index (χ3v) is 2.79. The van der Waals surface area contributed by atoms with Crippen LogP contribution in [0.2, 0.25) is 0 Å². The van der Waals surface area contributed by atoms with Gasteiger partial charge in [-0.3, -0.25) is 0 Å². The zero-order valence-electron chi connectivity index (χ0n) is 9.51. The molecule has 0 spiro atoms. The van der Waals surface area contributed by atoms with Gasteiger partial charge in [0.1, 0.15) is 0 Å². The van der Waals surface area contributed by atoms with E-state index in [1.165, 1.54) is 30.4 Å². The van der Waals surface area contributed by atoms with Crippen LogP contribution in [0.4, 0.5) is 0 Å². The van der Waals surface area contributed by atoms with Crippen LogP contribution in [0, 0.1) is 0 Å². The minimum absolute atomic E-state index is 0.289. The molecule has 1 rings (SSSR count). The van der Waals surface area contributed by atoms with Crippen molar-refractivity contribution in [3.8, 4) is 0 Å². The van der Waals surface area contributed by atoms with Crippen LogP contribution in [0.25, 0.3) is 0 Å². The van der Waals surface area contributed by atoms with E-state index in [-0.39, 0.29) is 6.10 Å². The second-order valence-electron chi connectivity index (χ2n) is 4.19. The summed E-state index contributed by atoms with van der Waals surface area (Å²) >= 11 is 0. The first-order valence-corrected chi connectivity index (χ1v) is 5.69. The van der Waals surface area contributed by atoms with Crippen LogP contribution in [-0.2, 0) is 4.74 Å². The molecule has 1 heterocycles. The van der Waals surface area contributed by atoms with Gasteiger partial charge < -0.3 is 4.74 Å². The Hall–Kier alpha value is -0.560. The summed E-state index contributed by atoms with van der Waals surface area (Å²) in [5.74, 6) is 0. The highest BCUT2D eigenvalue weighted by Crippen LogP contribution is 2.22. The summed E-state index contributed by atoms with van der Waals surface area (Å²) in [6.07, 6.45) is 8.47. The predicted molar refractivity (Wildman–Crippen MR) is 61.4 cm³/mol. The Morgan fingerprint density at radius 1 is 1.57 bits per heavy atom. The van der Waals surface area contributed by atoms with Crippen molar-refractivity contribution in [1.82, 2.24) is 0 Å². The molecule has 1 heteroatoms. The van der Waals surface area contributed by atoms with Crippen molar-refractivity contribution in [3.63, 3.8) is 0 Å². The third kappa shape index (κ3) is 3.67. The van der Waals surface area contributed by atoms with Crippen LogP contribution >= 0.6 is 0 Å². The molecule has 1 unspecified atom stereocenters. The normalized spacial score (nSPS) is 21.9. The molecule has 0 N–H and O–H groups in total. The van der Waals surface area contributed by atoms with Crippen LogP contribution in [0.5, 0.6) is 0 Å². The number of hydrogen-bond donors (Lipinski definition) is 0. The fraction of sp³-hybridized carbons (Fsp3) is 0.692. The zero-order valence-corrected chi connectivity index (χ0v) is 9.51. The highest BCUT2D eigenvalue weighted by molar-refractivity contribution is 5.13. The van der Waals surface area contributed by atoms with Crippen LogP contribution in [0.15, 0.2) is 23.8 Å². The van der Waals surface area contributed by atoms with Crippen LogP contribution in [-0.4, -0.2) is 12.7 Å². The van der Waals surface area contributed by atoms with E-state index in [4.69, 9.17) is 4.74 Å². The van der Waals surface area contributed by atoms with E-state index in [9.17, 15) is 0 Å². The first-order chi connectivity index (χ1) is 6.74. The van der Waals surface area contributed by atoms with Crippen molar-refractivity contribution >= 4 is 0 Å². The highest BCUT2D eigenvalue weighted by Gasteiger charge is 2.16. The topological polar surface area (TPSA) is 9.23 Å². The van der Waals surface area contributed by atoms with Crippen molar-refractivity contribution in [2.24, 2.45) is 0 Å². The summed E-state index contributed by atoms with van der Waals surface area (Å²) in [7, 11) is 0. The molecular weight excluding hydrogens is 172 g/mol. The molecule has 0 saturated carbocycles. The van der Waals surface area contributed by atoms with Crippen molar-refractivity contribution in [2.75, 3.05) is 6.61 Å². The van der Waals surface area contributed by atoms with Crippen molar-refractivity contribution in [2.45, 2.75) is 52.1 Å². The number of hydrogen-bond acceptors (Lipinski definition) is 1. The van der Waals surface area contributed by atoms with Crippen molar-refractivity contribution in [3.05, 3.63) is 23.8 Å². The minimum Gasteiger partial charge on any atom is -0.369 e. The van der Waals surface area contributed by atoms with Crippen LogP contribution in [0.3, 0.4) is 0 Å². The molecule has 0 aliphatic carbocycles. The quantitative estimate of drug-likeness (QED) is 0.477. The number of ether oxygens (including phenoxy) is 1. The van der Waals surface area contributed by atoms with E-state index in [1.54, 1.807) is 0 Å². The molecule has 0 aromatic rings. The maximum absolute atomic E-state index is 5.66. The Morgan fingerprint density at radius 3 is 3.00 bits per heavy atom. The smallest absolute Gasteiger partial charge is 0.0823 e. The van der Waals surface area contributed by atoms with E-state index in [1.807, 2.05) is 0 Å². The second kappa shape index (κ2) is 6.02. The number of unbranched alkanes of at least 4 members (excludes halogenated alkanes) is 2. The summed E-state index contributed by atoms with van der Waals surface area (Å²) in [6, 6.07) is 0. The Kier molecular flexibility index (Phi) is 4.95. The summed E-state index contributed by atoms with van der Waals surface area (Å²) in [5, 5.41) is 0. The molecule has 14 heavy (non-hydrogen) atoms. The lowest BCUT2D eigenvalue weighted by molar-refractivity contribution is 0.0880. The molecule has 0 saturated heterocycles. The lowest BCUT2D eigenvalue weighted by atomic mass is 9.97. The lowest BCUT2D eigenvalue weighted by Crippen LogP contribution is -2.19. The maximum atomic E-state index is 5.66. The fourth-order valence-corrected chi connectivity index (χ4v) is 1.77. The fourth-order valence-electron chi connectivity index (χ4n) is 1.77. The lowest BCUT2D eigenvalue weighted by Gasteiger charge is -2.23. The molecule has 0 aromatic heterocycles. The average Bonchev–Trinajstić information content (AvgIpc) is 2.18. The van der Waals surface area contributed by atoms with Gasteiger partial charge in [0.05, 0.1) is 12.7 Å². The van der Waals surface area contributed by atoms with Gasteiger partial charge >= 0.3 is 0 Å². The van der Waals surface area contributed by atoms with E-state index in [0.29, 0.717) is 0 Å². The molecule has 1 aliphatic heterocycles. The Bertz CT molecular complexity index is 215. The Balaban J connectivity index is 2.27. The van der Waals surface area contributed by atoms with Gasteiger partial charge in [-0.05, 0) is 31.8 Å². The van der Waals surface area contributed by atoms with Gasteiger partial charge in [0.25, 0.3) is 0 Å². The van der Waals surface area contributed by atoms with E-state index < -0.39 is 0 Å². The van der Waals surface area contributed by atoms with Gasteiger partial charge in [0.15, 0.2) is 0 Å². The first kappa shape index (κ1) is 11.5. The molecule has 80 valence electrons. The minimum atomic E-state index is 0.289. The van der Waals surface area contributed by atoms with Gasteiger partial charge in [0, 0.05) is 0 Å². The molecule has 0 bridgehead atoms. The maximum Gasteiger partial charge on any atom is 0.0823 e. The molecule has 0 aromatic carbocycles. The summed E-state index contributed by atoms with van der Waals surface area (Å²) in [5.41, 5.74) is 2.73. The molecule has 0 radical (unpaired) electrons. The molecule has 1 atom stereocenters. The highest BCUT2D eigenvalue weighted by atomic mass is 16.5. The molecule has 1 nitrogen and oxygen atoms in total. The largest absolute Gasteiger partial charge is 0.369 e. The predicted octanol–water partition coefficient (Wildman–Crippen LogP) is 3.86. The second-order valence-corrected chi connectivity index (χ2v) is 4.19. The third-order valence-electron chi connectivity index (χ3n) is 2.79. The summed E-state index contributed by atoms with van der Waals surface area (Å²) in [4.78, 5) is 0. The Labute approximate surface area is 87.8 Å². The van der Waals surface area contributed by atoms with E-state index in [0.717, 1.165) is 19.4 Å². The van der Waals surface area contributed by atoms with Crippen molar-refractivity contribution in [1.29, 1.82) is 0 Å². The monoisotopic (exact) mass is 194 g/mol. The van der Waals surface area contributed by atoms with Gasteiger partial charge in [-0.25, -0.2) is 0 Å². The standard InChI is InChI=1S/C13H22O/c1-4-5-6-7-12(3)13-10-11(2)8-9-14-13/h8,13H,3-7,9-10H2,1-2H3. The SMILES string of the molecule is C=C(CCCCC)C1CC(C)=CCO1. The molecule has 0 fully saturated rings. The van der Waals surface area contributed by atoms with E-state index in [2.05, 4.69) is 26.5 Å². The van der Waals surface area contributed by atoms with Gasteiger partial charge in [0.2, 0.25) is 0 Å². The van der Waals surface area contributed by atoms with E-state index >= 15 is 0 Å². The van der Waals surface area contributed by atoms with Gasteiger partial charge in [-0.15, -0.1) is 0 Å². The summed E-state index contributed by atoms with van der Waals surface area (Å²) < 4.78 is 5.66.